The van der Waals surface area contributed by atoms with Crippen LogP contribution in [0.25, 0.3) is 0 Å². The number of rotatable bonds is 15. The van der Waals surface area contributed by atoms with Crippen LogP contribution in [0.1, 0.15) is 35.1 Å². The highest BCUT2D eigenvalue weighted by Gasteiger charge is 2.15. The highest BCUT2D eigenvalue weighted by atomic mass is 19.1. The van der Waals surface area contributed by atoms with Gasteiger partial charge >= 0.3 is 0 Å². The van der Waals surface area contributed by atoms with Gasteiger partial charge in [0, 0.05) is 59.6 Å². The molecule has 2 atom stereocenters. The van der Waals surface area contributed by atoms with Gasteiger partial charge in [-0.2, -0.15) is 0 Å². The summed E-state index contributed by atoms with van der Waals surface area (Å²) in [4.78, 5) is 4.14. The van der Waals surface area contributed by atoms with Gasteiger partial charge in [-0.1, -0.05) is 121 Å². The lowest BCUT2D eigenvalue weighted by Gasteiger charge is -2.24. The minimum Gasteiger partial charge on any atom is -0.393 e. The maximum Gasteiger partial charge on any atom is 0.136 e. The first-order valence-corrected chi connectivity index (χ1v) is 16.1. The molecule has 4 aromatic rings. The third-order valence-corrected chi connectivity index (χ3v) is 7.28. The van der Waals surface area contributed by atoms with Crippen LogP contribution in [-0.2, 0) is 35.7 Å². The minimum atomic E-state index is -1.21. The topological polar surface area (TPSA) is 45.2 Å². The molecule has 0 aromatic heterocycles. The van der Waals surface area contributed by atoms with Gasteiger partial charge in [0.05, 0.1) is 13.2 Å². The van der Waals surface area contributed by atoms with E-state index in [1.165, 1.54) is 31.1 Å². The van der Waals surface area contributed by atoms with Crippen LogP contribution in [-0.4, -0.2) is 73.9 Å². The number of aliphatic hydroxyl groups excluding tert-OH is 1. The van der Waals surface area contributed by atoms with Crippen molar-refractivity contribution in [2.24, 2.45) is 0 Å². The quantitative estimate of drug-likeness (QED) is 0.147. The van der Waals surface area contributed by atoms with E-state index < -0.39 is 19.0 Å². The Balaban J connectivity index is 0.000000217. The number of nitrogens with zero attached hydrogens (tertiary/aromatic N) is 2. The molecule has 1 heterocycles. The first kappa shape index (κ1) is 37.0. The fourth-order valence-electron chi connectivity index (χ4n) is 5.10. The fraction of sp³-hybridized carbons (Fsp3) is 0.385. The Labute approximate surface area is 274 Å². The smallest absolute Gasteiger partial charge is 0.136 e. The summed E-state index contributed by atoms with van der Waals surface area (Å²) in [6, 6.07) is 40.3. The zero-order valence-electron chi connectivity index (χ0n) is 27.1. The molecule has 0 saturated carbocycles. The number of ether oxygens (including phenoxy) is 2. The maximum absolute atomic E-state index is 13.9. The lowest BCUT2D eigenvalue weighted by molar-refractivity contribution is 0.0882. The average molecular weight is 633 g/mol. The predicted octanol–water partition coefficient (Wildman–Crippen LogP) is 7.49. The van der Waals surface area contributed by atoms with Gasteiger partial charge in [-0.05, 0) is 35.1 Å². The first-order valence-electron chi connectivity index (χ1n) is 16.1. The Morgan fingerprint density at radius 1 is 0.587 bits per heavy atom. The van der Waals surface area contributed by atoms with E-state index in [2.05, 4.69) is 29.2 Å². The van der Waals surface area contributed by atoms with E-state index in [1.807, 2.05) is 102 Å². The molecule has 0 unspecified atom stereocenters. The molecule has 1 aliphatic heterocycles. The highest BCUT2D eigenvalue weighted by Crippen LogP contribution is 2.13. The number of hydrogen-bond acceptors (Lipinski definition) is 5. The number of halogens is 2. The summed E-state index contributed by atoms with van der Waals surface area (Å²) < 4.78 is 37.2. The van der Waals surface area contributed by atoms with Crippen molar-refractivity contribution < 1.29 is 23.4 Å². The lowest BCUT2D eigenvalue weighted by atomic mass is 10.1. The van der Waals surface area contributed by atoms with E-state index in [-0.39, 0.29) is 13.2 Å². The second-order valence-electron chi connectivity index (χ2n) is 11.4. The molecular formula is C39H50F2N2O3. The molecule has 46 heavy (non-hydrogen) atoms. The summed E-state index contributed by atoms with van der Waals surface area (Å²) in [5.74, 6) is 0. The van der Waals surface area contributed by atoms with Crippen molar-refractivity contribution in [3.8, 4) is 0 Å². The van der Waals surface area contributed by atoms with Crippen LogP contribution in [0, 0.1) is 0 Å². The van der Waals surface area contributed by atoms with E-state index in [0.717, 1.165) is 37.4 Å². The van der Waals surface area contributed by atoms with Crippen LogP contribution in [0.5, 0.6) is 0 Å². The van der Waals surface area contributed by atoms with Crippen LogP contribution >= 0.6 is 0 Å². The van der Waals surface area contributed by atoms with Gasteiger partial charge in [0.1, 0.15) is 12.3 Å². The van der Waals surface area contributed by atoms with E-state index in [0.29, 0.717) is 19.6 Å². The number of benzene rings is 4. The Morgan fingerprint density at radius 2 is 0.913 bits per heavy atom. The van der Waals surface area contributed by atoms with Crippen molar-refractivity contribution in [1.29, 1.82) is 0 Å². The summed E-state index contributed by atoms with van der Waals surface area (Å²) >= 11 is 0. The van der Waals surface area contributed by atoms with Crippen molar-refractivity contribution in [3.63, 3.8) is 0 Å². The van der Waals surface area contributed by atoms with Gasteiger partial charge in [-0.3, -0.25) is 9.80 Å². The zero-order chi connectivity index (χ0) is 32.7. The first-order chi connectivity index (χ1) is 22.6. The summed E-state index contributed by atoms with van der Waals surface area (Å²) in [7, 11) is 1.53. The molecular weight excluding hydrogens is 582 g/mol. The lowest BCUT2D eigenvalue weighted by Crippen LogP contribution is -2.31. The van der Waals surface area contributed by atoms with Crippen molar-refractivity contribution in [1.82, 2.24) is 9.80 Å². The standard InChI is InChI=1S/C18H22FNO.C17H20FNO.C4H8O/c1-21-15-18(19)14-20(12-16-8-4-2-5-9-16)13-17-10-6-3-7-11-17;18-17(14-20)13-19(11-15-7-3-1-4-8-15)12-16-9-5-2-6-10-16;1-2-4-5-3-1/h2-11,18H,12-15H2,1H3;1-10,17,20H,11-14H2;1-4H2/t18-;17-;/m00./s1. The second kappa shape index (κ2) is 23.0. The molecule has 1 N–H and O–H groups in total. The Kier molecular flexibility index (Phi) is 18.5. The molecule has 5 nitrogen and oxygen atoms in total. The fourth-order valence-corrected chi connectivity index (χ4v) is 5.10. The summed E-state index contributed by atoms with van der Waals surface area (Å²) in [6.45, 7) is 5.14. The molecule has 0 amide bonds. The van der Waals surface area contributed by atoms with E-state index in [1.54, 1.807) is 0 Å². The summed E-state index contributed by atoms with van der Waals surface area (Å²) in [5.41, 5.74) is 4.68. The van der Waals surface area contributed by atoms with Crippen molar-refractivity contribution in [2.75, 3.05) is 46.6 Å². The van der Waals surface area contributed by atoms with Gasteiger partial charge in [0.25, 0.3) is 0 Å². The second-order valence-corrected chi connectivity index (χ2v) is 11.4. The van der Waals surface area contributed by atoms with Gasteiger partial charge in [0.15, 0.2) is 0 Å². The molecule has 0 radical (unpaired) electrons. The highest BCUT2D eigenvalue weighted by molar-refractivity contribution is 5.18. The zero-order valence-corrected chi connectivity index (χ0v) is 27.1. The van der Waals surface area contributed by atoms with Gasteiger partial charge in [0.2, 0.25) is 0 Å². The van der Waals surface area contributed by atoms with E-state index in [9.17, 15) is 8.78 Å². The van der Waals surface area contributed by atoms with E-state index in [4.69, 9.17) is 14.6 Å². The summed E-state index contributed by atoms with van der Waals surface area (Å²) in [5, 5.41) is 8.91. The molecule has 0 aliphatic carbocycles. The molecule has 1 saturated heterocycles. The predicted molar refractivity (Wildman–Crippen MR) is 183 cm³/mol. The Bertz CT molecular complexity index is 1180. The van der Waals surface area contributed by atoms with Crippen LogP contribution in [0.15, 0.2) is 121 Å². The molecule has 1 fully saturated rings. The summed E-state index contributed by atoms with van der Waals surface area (Å²) in [6.07, 6.45) is 0.379. The maximum atomic E-state index is 13.9. The van der Waals surface area contributed by atoms with Crippen molar-refractivity contribution >= 4 is 0 Å². The Hall–Kier alpha value is -3.46. The average Bonchev–Trinajstić information content (AvgIpc) is 3.68. The monoisotopic (exact) mass is 632 g/mol. The van der Waals surface area contributed by atoms with Crippen LogP contribution < -0.4 is 0 Å². The molecule has 1 aliphatic rings. The van der Waals surface area contributed by atoms with Crippen molar-refractivity contribution in [3.05, 3.63) is 144 Å². The van der Waals surface area contributed by atoms with Crippen molar-refractivity contribution in [2.45, 2.75) is 51.4 Å². The van der Waals surface area contributed by atoms with Crippen LogP contribution in [0.4, 0.5) is 8.78 Å². The normalized spacial score (nSPS) is 13.8. The number of aliphatic hydroxyl groups is 1. The molecule has 7 heteroatoms. The third-order valence-electron chi connectivity index (χ3n) is 7.28. The molecule has 5 rings (SSSR count). The minimum absolute atomic E-state index is 0.139. The van der Waals surface area contributed by atoms with Crippen LogP contribution in [0.2, 0.25) is 0 Å². The molecule has 4 aromatic carbocycles. The van der Waals surface area contributed by atoms with E-state index >= 15 is 0 Å². The molecule has 248 valence electrons. The van der Waals surface area contributed by atoms with Crippen LogP contribution in [0.3, 0.4) is 0 Å². The molecule has 0 spiro atoms. The van der Waals surface area contributed by atoms with Gasteiger partial charge in [-0.15, -0.1) is 0 Å². The van der Waals surface area contributed by atoms with Gasteiger partial charge in [-0.25, -0.2) is 8.78 Å². The number of methoxy groups -OCH3 is 1. The Morgan fingerprint density at radius 3 is 1.17 bits per heavy atom. The molecule has 0 bridgehead atoms. The number of alkyl halides is 2. The third kappa shape index (κ3) is 16.2. The van der Waals surface area contributed by atoms with Gasteiger partial charge < -0.3 is 14.6 Å². The number of hydrogen-bond donors (Lipinski definition) is 1. The SMILES string of the molecule is C1CCOC1.COC[C@@H](F)CN(Cc1ccccc1)Cc1ccccc1.OC[C@@H](F)CN(Cc1ccccc1)Cc1ccccc1. The largest absolute Gasteiger partial charge is 0.393 e.